The molecule has 1 heterocycles. The molecule has 29 heavy (non-hydrogen) atoms. The highest BCUT2D eigenvalue weighted by atomic mass is 16.6. The van der Waals surface area contributed by atoms with Crippen LogP contribution >= 0.6 is 0 Å². The molecule has 0 saturated heterocycles. The third-order valence-corrected chi connectivity index (χ3v) is 4.60. The third-order valence-electron chi connectivity index (χ3n) is 4.60. The van der Waals surface area contributed by atoms with Gasteiger partial charge in [0.05, 0.1) is 19.7 Å². The first-order chi connectivity index (χ1) is 14.0. The van der Waals surface area contributed by atoms with Gasteiger partial charge in [-0.05, 0) is 38.2 Å². The Morgan fingerprint density at radius 1 is 1.07 bits per heavy atom. The largest absolute Gasteiger partial charge is 0.497 e. The van der Waals surface area contributed by atoms with Crippen molar-refractivity contribution >= 4 is 23.2 Å². The molecule has 1 atom stereocenters. The number of carbonyl (C=O) groups excluding carboxylic acids is 2. The van der Waals surface area contributed by atoms with Crippen LogP contribution in [0.1, 0.15) is 6.92 Å². The van der Waals surface area contributed by atoms with E-state index in [1.807, 2.05) is 0 Å². The molecular weight excluding hydrogens is 374 g/mol. The van der Waals surface area contributed by atoms with Crippen molar-refractivity contribution in [3.05, 3.63) is 42.5 Å². The Morgan fingerprint density at radius 2 is 1.79 bits per heavy atom. The van der Waals surface area contributed by atoms with Crippen LogP contribution in [0.15, 0.2) is 42.5 Å². The summed E-state index contributed by atoms with van der Waals surface area (Å²) in [5.74, 6) is 1.47. The van der Waals surface area contributed by atoms with Gasteiger partial charge in [-0.3, -0.25) is 14.5 Å². The predicted octanol–water partition coefficient (Wildman–Crippen LogP) is 2.36. The molecule has 0 aliphatic carbocycles. The number of fused-ring (bicyclic) bond motifs is 1. The first-order valence-corrected chi connectivity index (χ1v) is 9.31. The number of nitrogens with one attached hydrogen (secondary N) is 2. The van der Waals surface area contributed by atoms with E-state index in [2.05, 4.69) is 10.6 Å². The van der Waals surface area contributed by atoms with Gasteiger partial charge in [-0.2, -0.15) is 0 Å². The van der Waals surface area contributed by atoms with Gasteiger partial charge in [0.15, 0.2) is 11.5 Å². The Balaban J connectivity index is 1.54. The summed E-state index contributed by atoms with van der Waals surface area (Å²) in [6.45, 7) is 2.80. The normalized spacial score (nSPS) is 13.5. The van der Waals surface area contributed by atoms with E-state index in [1.54, 1.807) is 68.4 Å². The molecule has 0 bridgehead atoms. The van der Waals surface area contributed by atoms with Crippen molar-refractivity contribution in [1.82, 2.24) is 4.90 Å². The second-order valence-corrected chi connectivity index (χ2v) is 6.72. The van der Waals surface area contributed by atoms with E-state index in [0.717, 1.165) is 0 Å². The van der Waals surface area contributed by atoms with Gasteiger partial charge in [0, 0.05) is 23.5 Å². The Labute approximate surface area is 169 Å². The summed E-state index contributed by atoms with van der Waals surface area (Å²) in [5.41, 5.74) is 1.25. The molecule has 0 fully saturated rings. The quantitative estimate of drug-likeness (QED) is 0.743. The molecule has 0 saturated carbocycles. The van der Waals surface area contributed by atoms with E-state index in [-0.39, 0.29) is 18.4 Å². The second-order valence-electron chi connectivity index (χ2n) is 6.72. The molecule has 2 aromatic rings. The maximum absolute atomic E-state index is 12.6. The number of carbonyl (C=O) groups is 2. The van der Waals surface area contributed by atoms with E-state index in [0.29, 0.717) is 41.8 Å². The maximum Gasteiger partial charge on any atom is 0.241 e. The predicted molar refractivity (Wildman–Crippen MR) is 110 cm³/mol. The van der Waals surface area contributed by atoms with E-state index in [4.69, 9.17) is 14.2 Å². The zero-order valence-electron chi connectivity index (χ0n) is 16.7. The Morgan fingerprint density at radius 3 is 2.55 bits per heavy atom. The first kappa shape index (κ1) is 20.5. The molecular formula is C21H25N3O5. The van der Waals surface area contributed by atoms with E-state index in [9.17, 15) is 9.59 Å². The van der Waals surface area contributed by atoms with Crippen LogP contribution in [0.3, 0.4) is 0 Å². The molecule has 1 aliphatic rings. The van der Waals surface area contributed by atoms with Gasteiger partial charge in [0.25, 0.3) is 0 Å². The SMILES string of the molecule is COc1cccc(NC(=O)CN(C)[C@@H](C)C(=O)Nc2ccc3c(c2)OCCO3)c1. The lowest BCUT2D eigenvalue weighted by Gasteiger charge is -2.24. The van der Waals surface area contributed by atoms with Crippen molar-refractivity contribution in [3.63, 3.8) is 0 Å². The van der Waals surface area contributed by atoms with Gasteiger partial charge in [-0.15, -0.1) is 0 Å². The molecule has 0 unspecified atom stereocenters. The van der Waals surface area contributed by atoms with Gasteiger partial charge in [-0.25, -0.2) is 0 Å². The lowest BCUT2D eigenvalue weighted by Crippen LogP contribution is -2.43. The molecule has 2 N–H and O–H groups in total. The monoisotopic (exact) mass is 399 g/mol. The summed E-state index contributed by atoms with van der Waals surface area (Å²) >= 11 is 0. The number of hydrogen-bond donors (Lipinski definition) is 2. The minimum absolute atomic E-state index is 0.0624. The molecule has 2 aromatic carbocycles. The minimum atomic E-state index is -0.515. The highest BCUT2D eigenvalue weighted by Gasteiger charge is 2.21. The fourth-order valence-electron chi connectivity index (χ4n) is 2.83. The number of hydrogen-bond acceptors (Lipinski definition) is 6. The average molecular weight is 399 g/mol. The zero-order valence-corrected chi connectivity index (χ0v) is 16.7. The van der Waals surface area contributed by atoms with Crippen LogP contribution in [0.4, 0.5) is 11.4 Å². The fourth-order valence-corrected chi connectivity index (χ4v) is 2.83. The van der Waals surface area contributed by atoms with Gasteiger partial charge in [-0.1, -0.05) is 6.07 Å². The molecule has 8 heteroatoms. The molecule has 8 nitrogen and oxygen atoms in total. The van der Waals surface area contributed by atoms with Crippen LogP contribution in [0, 0.1) is 0 Å². The lowest BCUT2D eigenvalue weighted by atomic mass is 10.2. The molecule has 3 rings (SSSR count). The highest BCUT2D eigenvalue weighted by molar-refractivity contribution is 5.96. The van der Waals surface area contributed by atoms with Gasteiger partial charge in [0.2, 0.25) is 11.8 Å². The first-order valence-electron chi connectivity index (χ1n) is 9.31. The van der Waals surface area contributed by atoms with Crippen LogP contribution in [-0.2, 0) is 9.59 Å². The number of benzene rings is 2. The van der Waals surface area contributed by atoms with Crippen molar-refractivity contribution in [2.24, 2.45) is 0 Å². The van der Waals surface area contributed by atoms with E-state index < -0.39 is 6.04 Å². The molecule has 2 amide bonds. The summed E-state index contributed by atoms with van der Waals surface area (Å²) < 4.78 is 16.2. The van der Waals surface area contributed by atoms with Crippen molar-refractivity contribution in [1.29, 1.82) is 0 Å². The van der Waals surface area contributed by atoms with Crippen LogP contribution in [-0.4, -0.2) is 56.7 Å². The maximum atomic E-state index is 12.6. The molecule has 0 aromatic heterocycles. The molecule has 154 valence electrons. The number of anilines is 2. The standard InChI is InChI=1S/C21H25N3O5/c1-14(21(26)23-16-7-8-18-19(12-16)29-10-9-28-18)24(2)13-20(25)22-15-5-4-6-17(11-15)27-3/h4-8,11-12,14H,9-10,13H2,1-3H3,(H,22,25)(H,23,26)/t14-/m0/s1. The number of methoxy groups -OCH3 is 1. The summed E-state index contributed by atoms with van der Waals surface area (Å²) in [6, 6.07) is 11.8. The van der Waals surface area contributed by atoms with Crippen LogP contribution < -0.4 is 24.8 Å². The second kappa shape index (κ2) is 9.29. The van der Waals surface area contributed by atoms with Gasteiger partial charge >= 0.3 is 0 Å². The third kappa shape index (κ3) is 5.39. The number of nitrogens with zero attached hydrogens (tertiary/aromatic N) is 1. The minimum Gasteiger partial charge on any atom is -0.497 e. The number of amides is 2. The highest BCUT2D eigenvalue weighted by Crippen LogP contribution is 2.32. The molecule has 0 radical (unpaired) electrons. The van der Waals surface area contributed by atoms with Crippen molar-refractivity contribution in [3.8, 4) is 17.2 Å². The topological polar surface area (TPSA) is 89.1 Å². The van der Waals surface area contributed by atoms with E-state index >= 15 is 0 Å². The van der Waals surface area contributed by atoms with Gasteiger partial charge in [0.1, 0.15) is 19.0 Å². The molecule has 0 spiro atoms. The fraction of sp³-hybridized carbons (Fsp3) is 0.333. The number of ether oxygens (including phenoxy) is 3. The van der Waals surface area contributed by atoms with Gasteiger partial charge < -0.3 is 24.8 Å². The van der Waals surface area contributed by atoms with Crippen molar-refractivity contribution in [2.75, 3.05) is 44.5 Å². The zero-order chi connectivity index (χ0) is 20.8. The summed E-state index contributed by atoms with van der Waals surface area (Å²) in [5, 5.41) is 5.65. The van der Waals surface area contributed by atoms with Crippen molar-refractivity contribution in [2.45, 2.75) is 13.0 Å². The van der Waals surface area contributed by atoms with Crippen LogP contribution in [0.2, 0.25) is 0 Å². The summed E-state index contributed by atoms with van der Waals surface area (Å²) in [6.07, 6.45) is 0. The van der Waals surface area contributed by atoms with Crippen LogP contribution in [0.25, 0.3) is 0 Å². The van der Waals surface area contributed by atoms with E-state index in [1.165, 1.54) is 0 Å². The Hall–Kier alpha value is -3.26. The smallest absolute Gasteiger partial charge is 0.241 e. The molecule has 1 aliphatic heterocycles. The van der Waals surface area contributed by atoms with Crippen LogP contribution in [0.5, 0.6) is 17.2 Å². The summed E-state index contributed by atoms with van der Waals surface area (Å²) in [4.78, 5) is 26.6. The summed E-state index contributed by atoms with van der Waals surface area (Å²) in [7, 11) is 3.29. The number of rotatable bonds is 7. The lowest BCUT2D eigenvalue weighted by molar-refractivity contribution is -0.122. The Kier molecular flexibility index (Phi) is 6.56. The van der Waals surface area contributed by atoms with Crippen molar-refractivity contribution < 1.29 is 23.8 Å². The number of likely N-dealkylation sites (N-methyl/N-ethyl adjacent to an activating group) is 1. The Bertz CT molecular complexity index is 886. The average Bonchev–Trinajstić information content (AvgIpc) is 2.73.